The van der Waals surface area contributed by atoms with E-state index in [0.29, 0.717) is 11.5 Å². The third kappa shape index (κ3) is 6.30. The molecule has 0 bridgehead atoms. The number of guanidine groups is 1. The Bertz CT molecular complexity index is 348. The Labute approximate surface area is 141 Å². The van der Waals surface area contributed by atoms with E-state index < -0.39 is 0 Å². The molecule has 1 heterocycles. The van der Waals surface area contributed by atoms with E-state index >= 15 is 0 Å². The molecule has 2 rings (SSSR count). The normalized spacial score (nSPS) is 24.1. The lowest BCUT2D eigenvalue weighted by Gasteiger charge is -2.27. The van der Waals surface area contributed by atoms with Crippen LogP contribution in [0.3, 0.4) is 0 Å². The molecule has 23 heavy (non-hydrogen) atoms. The van der Waals surface area contributed by atoms with Crippen molar-refractivity contribution in [3.8, 4) is 0 Å². The van der Waals surface area contributed by atoms with Crippen molar-refractivity contribution in [1.82, 2.24) is 10.6 Å². The second-order valence-corrected chi connectivity index (χ2v) is 6.87. The third-order valence-corrected chi connectivity index (χ3v) is 5.08. The highest BCUT2D eigenvalue weighted by molar-refractivity contribution is 5.79. The molecule has 0 aromatic heterocycles. The summed E-state index contributed by atoms with van der Waals surface area (Å²) in [6.07, 6.45) is 9.06. The predicted octanol–water partition coefficient (Wildman–Crippen LogP) is 2.71. The summed E-state index contributed by atoms with van der Waals surface area (Å²) in [5.74, 6) is 0.936. The van der Waals surface area contributed by atoms with E-state index in [2.05, 4.69) is 24.5 Å². The van der Waals surface area contributed by atoms with Crippen LogP contribution in [0.1, 0.15) is 58.8 Å². The monoisotopic (exact) mass is 325 g/mol. The van der Waals surface area contributed by atoms with Crippen molar-refractivity contribution in [3.63, 3.8) is 0 Å². The molecule has 1 saturated heterocycles. The maximum atomic E-state index is 5.68. The zero-order valence-corrected chi connectivity index (χ0v) is 15.0. The third-order valence-electron chi connectivity index (χ3n) is 5.08. The van der Waals surface area contributed by atoms with Crippen LogP contribution in [0.15, 0.2) is 4.99 Å². The molecule has 134 valence electrons. The summed E-state index contributed by atoms with van der Waals surface area (Å²) in [6, 6.07) is 0. The molecule has 1 aliphatic heterocycles. The molecule has 1 unspecified atom stereocenters. The summed E-state index contributed by atoms with van der Waals surface area (Å²) < 4.78 is 11.3. The van der Waals surface area contributed by atoms with Gasteiger partial charge in [0, 0.05) is 39.5 Å². The first-order chi connectivity index (χ1) is 11.3. The van der Waals surface area contributed by atoms with Crippen LogP contribution in [-0.4, -0.2) is 51.5 Å². The van der Waals surface area contributed by atoms with Gasteiger partial charge in [-0.1, -0.05) is 12.8 Å². The zero-order valence-electron chi connectivity index (χ0n) is 15.0. The van der Waals surface area contributed by atoms with Gasteiger partial charge in [0.2, 0.25) is 0 Å². The van der Waals surface area contributed by atoms with Crippen molar-refractivity contribution in [1.29, 1.82) is 0 Å². The summed E-state index contributed by atoms with van der Waals surface area (Å²) in [7, 11) is 0. The van der Waals surface area contributed by atoms with E-state index in [-0.39, 0.29) is 0 Å². The van der Waals surface area contributed by atoms with Crippen molar-refractivity contribution in [2.75, 3.05) is 39.5 Å². The van der Waals surface area contributed by atoms with Crippen LogP contribution in [0.2, 0.25) is 0 Å². The largest absolute Gasteiger partial charge is 0.382 e. The van der Waals surface area contributed by atoms with Gasteiger partial charge in [-0.15, -0.1) is 0 Å². The minimum absolute atomic E-state index is 0.345. The summed E-state index contributed by atoms with van der Waals surface area (Å²) >= 11 is 0. The average molecular weight is 325 g/mol. The molecule has 5 heteroatoms. The maximum absolute atomic E-state index is 5.68. The van der Waals surface area contributed by atoms with E-state index in [4.69, 9.17) is 14.5 Å². The molecule has 0 spiro atoms. The molecule has 1 atom stereocenters. The molecule has 0 aromatic carbocycles. The van der Waals surface area contributed by atoms with Gasteiger partial charge >= 0.3 is 0 Å². The lowest BCUT2D eigenvalue weighted by Crippen LogP contribution is -2.41. The number of ether oxygens (including phenoxy) is 2. The summed E-state index contributed by atoms with van der Waals surface area (Å²) in [4.78, 5) is 4.89. The molecule has 1 aliphatic carbocycles. The Morgan fingerprint density at radius 1 is 1.22 bits per heavy atom. The van der Waals surface area contributed by atoms with E-state index in [0.717, 1.165) is 58.3 Å². The van der Waals surface area contributed by atoms with Gasteiger partial charge in [-0.25, -0.2) is 0 Å². The van der Waals surface area contributed by atoms with E-state index in [9.17, 15) is 0 Å². The Hall–Kier alpha value is -0.810. The fourth-order valence-electron chi connectivity index (χ4n) is 3.65. The van der Waals surface area contributed by atoms with Gasteiger partial charge in [-0.05, 0) is 51.4 Å². The maximum Gasteiger partial charge on any atom is 0.191 e. The van der Waals surface area contributed by atoms with E-state index in [1.165, 1.54) is 32.1 Å². The minimum Gasteiger partial charge on any atom is -0.382 e. The Kier molecular flexibility index (Phi) is 8.17. The van der Waals surface area contributed by atoms with Crippen LogP contribution in [0.25, 0.3) is 0 Å². The lowest BCUT2D eigenvalue weighted by molar-refractivity contribution is 0.106. The summed E-state index contributed by atoms with van der Waals surface area (Å²) in [5, 5.41) is 6.82. The fraction of sp³-hybridized carbons (Fsp3) is 0.944. The first kappa shape index (κ1) is 18.5. The molecule has 0 amide bonds. The van der Waals surface area contributed by atoms with Gasteiger partial charge in [0.1, 0.15) is 0 Å². The van der Waals surface area contributed by atoms with Gasteiger partial charge in [0.15, 0.2) is 5.96 Å². The first-order valence-electron chi connectivity index (χ1n) is 9.49. The molecule has 0 aromatic rings. The number of rotatable bonds is 9. The number of hydrogen-bond donors (Lipinski definition) is 2. The van der Waals surface area contributed by atoms with Crippen LogP contribution in [-0.2, 0) is 9.47 Å². The number of hydrogen-bond acceptors (Lipinski definition) is 3. The van der Waals surface area contributed by atoms with Crippen molar-refractivity contribution >= 4 is 5.96 Å². The van der Waals surface area contributed by atoms with Gasteiger partial charge in [0.05, 0.1) is 6.10 Å². The molecule has 5 nitrogen and oxygen atoms in total. The second kappa shape index (κ2) is 10.1. The lowest BCUT2D eigenvalue weighted by atomic mass is 9.83. The van der Waals surface area contributed by atoms with Crippen molar-refractivity contribution in [3.05, 3.63) is 0 Å². The highest BCUT2D eigenvalue weighted by Gasteiger charge is 2.33. The van der Waals surface area contributed by atoms with Crippen LogP contribution >= 0.6 is 0 Å². The van der Waals surface area contributed by atoms with Crippen molar-refractivity contribution in [2.24, 2.45) is 10.4 Å². The first-order valence-corrected chi connectivity index (χ1v) is 9.49. The quantitative estimate of drug-likeness (QED) is 0.389. The minimum atomic E-state index is 0.345. The average Bonchev–Trinajstić information content (AvgIpc) is 3.23. The Morgan fingerprint density at radius 3 is 2.70 bits per heavy atom. The number of aliphatic imine (C=N–C) groups is 1. The molecule has 0 radical (unpaired) electrons. The number of nitrogens with one attached hydrogen (secondary N) is 2. The molecule has 2 N–H and O–H groups in total. The van der Waals surface area contributed by atoms with Gasteiger partial charge in [-0.3, -0.25) is 4.99 Å². The standard InChI is InChI=1S/C18H35N3O2/c1-3-19-17(20-14-16-8-7-12-23-16)21-15-18(9-5-6-10-18)11-13-22-4-2/h16H,3-15H2,1-2H3,(H2,19,20,21). The van der Waals surface area contributed by atoms with E-state index in [1.807, 2.05) is 0 Å². The Balaban J connectivity index is 1.85. The molecule has 2 aliphatic rings. The topological polar surface area (TPSA) is 54.9 Å². The second-order valence-electron chi connectivity index (χ2n) is 6.87. The zero-order chi connectivity index (χ0) is 16.4. The summed E-state index contributed by atoms with van der Waals surface area (Å²) in [6.45, 7) is 9.42. The molecule has 2 fully saturated rings. The van der Waals surface area contributed by atoms with Crippen LogP contribution in [0, 0.1) is 5.41 Å². The highest BCUT2D eigenvalue weighted by atomic mass is 16.5. The van der Waals surface area contributed by atoms with Crippen molar-refractivity contribution < 1.29 is 9.47 Å². The fourth-order valence-corrected chi connectivity index (χ4v) is 3.65. The van der Waals surface area contributed by atoms with Crippen LogP contribution < -0.4 is 10.6 Å². The van der Waals surface area contributed by atoms with E-state index in [1.54, 1.807) is 0 Å². The van der Waals surface area contributed by atoms with Gasteiger partial charge < -0.3 is 20.1 Å². The van der Waals surface area contributed by atoms with Crippen molar-refractivity contribution in [2.45, 2.75) is 64.9 Å². The SMILES string of the molecule is CCNC(=NCC1(CCOCC)CCCC1)NCC1CCCO1. The summed E-state index contributed by atoms with van der Waals surface area (Å²) in [5.41, 5.74) is 0.349. The smallest absolute Gasteiger partial charge is 0.191 e. The van der Waals surface area contributed by atoms with Gasteiger partial charge in [-0.2, -0.15) is 0 Å². The highest BCUT2D eigenvalue weighted by Crippen LogP contribution is 2.41. The molecular weight excluding hydrogens is 290 g/mol. The predicted molar refractivity (Wildman–Crippen MR) is 95.0 cm³/mol. The Morgan fingerprint density at radius 2 is 2.04 bits per heavy atom. The number of nitrogens with zero attached hydrogens (tertiary/aromatic N) is 1. The van der Waals surface area contributed by atoms with Crippen LogP contribution in [0.5, 0.6) is 0 Å². The molecule has 1 saturated carbocycles. The van der Waals surface area contributed by atoms with Gasteiger partial charge in [0.25, 0.3) is 0 Å². The van der Waals surface area contributed by atoms with Crippen LogP contribution in [0.4, 0.5) is 0 Å². The molecular formula is C18H35N3O2.